The Bertz CT molecular complexity index is 889. The molecule has 3 rings (SSSR count). The van der Waals surface area contributed by atoms with Gasteiger partial charge in [0.1, 0.15) is 0 Å². The summed E-state index contributed by atoms with van der Waals surface area (Å²) in [7, 11) is 0. The molecule has 1 heterocycles. The van der Waals surface area contributed by atoms with E-state index in [0.717, 1.165) is 23.3 Å². The number of halogens is 3. The predicted octanol–water partition coefficient (Wildman–Crippen LogP) is 5.79. The normalized spacial score (nSPS) is 12.1. The molecule has 0 aliphatic heterocycles. The van der Waals surface area contributed by atoms with E-state index in [9.17, 15) is 18.0 Å². The fraction of sp³-hybridized carbons (Fsp3) is 0.211. The van der Waals surface area contributed by atoms with E-state index in [1.165, 1.54) is 6.07 Å². The minimum Gasteiger partial charge on any atom is -0.354 e. The van der Waals surface area contributed by atoms with Gasteiger partial charge < -0.3 is 4.98 Å². The SMILES string of the molecule is CC(C)c1ccc(-c2[nH]c3ccc(C(F)(F)F)cc3c2C=O)cc1. The highest BCUT2D eigenvalue weighted by Gasteiger charge is 2.31. The van der Waals surface area contributed by atoms with Gasteiger partial charge >= 0.3 is 6.18 Å². The second kappa shape index (κ2) is 5.82. The van der Waals surface area contributed by atoms with Gasteiger partial charge in [-0.3, -0.25) is 4.79 Å². The molecule has 0 saturated carbocycles. The second-order valence-electron chi connectivity index (χ2n) is 6.07. The summed E-state index contributed by atoms with van der Waals surface area (Å²) in [6.07, 6.45) is -3.84. The van der Waals surface area contributed by atoms with Gasteiger partial charge in [-0.15, -0.1) is 0 Å². The van der Waals surface area contributed by atoms with E-state index in [4.69, 9.17) is 0 Å². The van der Waals surface area contributed by atoms with Crippen molar-refractivity contribution in [1.82, 2.24) is 4.98 Å². The lowest BCUT2D eigenvalue weighted by Gasteiger charge is -2.06. The van der Waals surface area contributed by atoms with Crippen LogP contribution in [-0.4, -0.2) is 11.3 Å². The maximum absolute atomic E-state index is 12.9. The molecule has 0 aliphatic rings. The molecule has 2 aromatic carbocycles. The number of benzene rings is 2. The summed E-state index contributed by atoms with van der Waals surface area (Å²) in [6.45, 7) is 4.15. The highest BCUT2D eigenvalue weighted by molar-refractivity contribution is 6.04. The molecular weight excluding hydrogens is 315 g/mol. The molecule has 1 N–H and O–H groups in total. The summed E-state index contributed by atoms with van der Waals surface area (Å²) in [4.78, 5) is 14.6. The van der Waals surface area contributed by atoms with Crippen LogP contribution in [0.4, 0.5) is 13.2 Å². The van der Waals surface area contributed by atoms with Gasteiger partial charge in [-0.2, -0.15) is 13.2 Å². The topological polar surface area (TPSA) is 32.9 Å². The molecule has 3 aromatic rings. The number of hydrogen-bond acceptors (Lipinski definition) is 1. The molecule has 0 amide bonds. The van der Waals surface area contributed by atoms with E-state index in [2.05, 4.69) is 18.8 Å². The van der Waals surface area contributed by atoms with Crippen molar-refractivity contribution < 1.29 is 18.0 Å². The number of aromatic nitrogens is 1. The molecule has 2 nitrogen and oxygen atoms in total. The number of aromatic amines is 1. The van der Waals surface area contributed by atoms with Crippen LogP contribution in [0.25, 0.3) is 22.2 Å². The smallest absolute Gasteiger partial charge is 0.354 e. The molecular formula is C19H16F3NO. The van der Waals surface area contributed by atoms with Crippen molar-refractivity contribution in [3.63, 3.8) is 0 Å². The molecule has 0 spiro atoms. The van der Waals surface area contributed by atoms with Gasteiger partial charge in [-0.25, -0.2) is 0 Å². The molecule has 0 saturated heterocycles. The van der Waals surface area contributed by atoms with E-state index < -0.39 is 11.7 Å². The van der Waals surface area contributed by atoms with Gasteiger partial charge in [0.2, 0.25) is 0 Å². The minimum absolute atomic E-state index is 0.244. The number of rotatable bonds is 3. The first kappa shape index (κ1) is 16.3. The lowest BCUT2D eigenvalue weighted by atomic mass is 9.99. The molecule has 0 radical (unpaired) electrons. The summed E-state index contributed by atoms with van der Waals surface area (Å²) in [6, 6.07) is 11.1. The number of aldehydes is 1. The summed E-state index contributed by atoms with van der Waals surface area (Å²) in [5, 5.41) is 0.280. The zero-order valence-corrected chi connectivity index (χ0v) is 13.2. The van der Waals surface area contributed by atoms with Crippen LogP contribution in [0, 0.1) is 0 Å². The average Bonchev–Trinajstić information content (AvgIpc) is 2.91. The van der Waals surface area contributed by atoms with Crippen molar-refractivity contribution in [2.24, 2.45) is 0 Å². The van der Waals surface area contributed by atoms with Crippen molar-refractivity contribution >= 4 is 17.2 Å². The molecule has 0 atom stereocenters. The Hall–Kier alpha value is -2.56. The summed E-state index contributed by atoms with van der Waals surface area (Å²) >= 11 is 0. The third kappa shape index (κ3) is 2.82. The van der Waals surface area contributed by atoms with Gasteiger partial charge in [0.15, 0.2) is 6.29 Å². The second-order valence-corrected chi connectivity index (χ2v) is 6.07. The Labute approximate surface area is 137 Å². The van der Waals surface area contributed by atoms with Crippen LogP contribution in [0.2, 0.25) is 0 Å². The fourth-order valence-electron chi connectivity index (χ4n) is 2.77. The summed E-state index contributed by atoms with van der Waals surface area (Å²) in [5.74, 6) is 0.377. The van der Waals surface area contributed by atoms with Crippen LogP contribution in [0.3, 0.4) is 0 Å². The monoisotopic (exact) mass is 331 g/mol. The van der Waals surface area contributed by atoms with Crippen LogP contribution in [0.1, 0.15) is 41.3 Å². The maximum Gasteiger partial charge on any atom is 0.416 e. The first-order valence-corrected chi connectivity index (χ1v) is 7.59. The quantitative estimate of drug-likeness (QED) is 0.605. The molecule has 124 valence electrons. The highest BCUT2D eigenvalue weighted by Crippen LogP contribution is 2.35. The van der Waals surface area contributed by atoms with Crippen molar-refractivity contribution in [2.45, 2.75) is 25.9 Å². The Kier molecular flexibility index (Phi) is 3.95. The Balaban J connectivity index is 2.16. The Morgan fingerprint density at radius 3 is 2.25 bits per heavy atom. The standard InChI is InChI=1S/C19H16F3NO/c1-11(2)12-3-5-13(6-4-12)18-16(10-24)15-9-14(19(20,21)22)7-8-17(15)23-18/h3-11,23H,1-2H3. The zero-order valence-electron chi connectivity index (χ0n) is 13.2. The third-order valence-corrected chi connectivity index (χ3v) is 4.15. The minimum atomic E-state index is -4.44. The first-order valence-electron chi connectivity index (χ1n) is 7.59. The van der Waals surface area contributed by atoms with Crippen LogP contribution in [0.5, 0.6) is 0 Å². The predicted molar refractivity (Wildman–Crippen MR) is 88.2 cm³/mol. The van der Waals surface area contributed by atoms with Crippen molar-refractivity contribution in [3.8, 4) is 11.3 Å². The molecule has 1 aromatic heterocycles. The number of carbonyl (C=O) groups is 1. The van der Waals surface area contributed by atoms with Gasteiger partial charge in [0, 0.05) is 16.5 Å². The maximum atomic E-state index is 12.9. The highest BCUT2D eigenvalue weighted by atomic mass is 19.4. The van der Waals surface area contributed by atoms with Gasteiger partial charge in [0.25, 0.3) is 0 Å². The number of fused-ring (bicyclic) bond motifs is 1. The van der Waals surface area contributed by atoms with Crippen LogP contribution in [-0.2, 0) is 6.18 Å². The van der Waals surface area contributed by atoms with E-state index >= 15 is 0 Å². The molecule has 0 bridgehead atoms. The lowest BCUT2D eigenvalue weighted by molar-refractivity contribution is -0.137. The van der Waals surface area contributed by atoms with E-state index in [1.807, 2.05) is 24.3 Å². The van der Waals surface area contributed by atoms with E-state index in [1.54, 1.807) is 0 Å². The fourth-order valence-corrected chi connectivity index (χ4v) is 2.77. The molecule has 0 unspecified atom stereocenters. The Morgan fingerprint density at radius 2 is 1.71 bits per heavy atom. The molecule has 24 heavy (non-hydrogen) atoms. The largest absolute Gasteiger partial charge is 0.416 e. The number of hydrogen-bond donors (Lipinski definition) is 1. The summed E-state index contributed by atoms with van der Waals surface area (Å²) in [5.41, 5.74) is 2.45. The number of nitrogens with one attached hydrogen (secondary N) is 1. The molecule has 5 heteroatoms. The van der Waals surface area contributed by atoms with Crippen molar-refractivity contribution in [2.75, 3.05) is 0 Å². The molecule has 0 aliphatic carbocycles. The molecule has 0 fully saturated rings. The van der Waals surface area contributed by atoms with Gasteiger partial charge in [-0.1, -0.05) is 38.1 Å². The summed E-state index contributed by atoms with van der Waals surface area (Å²) < 4.78 is 38.7. The van der Waals surface area contributed by atoms with E-state index in [0.29, 0.717) is 23.4 Å². The first-order chi connectivity index (χ1) is 11.3. The van der Waals surface area contributed by atoms with Crippen molar-refractivity contribution in [1.29, 1.82) is 0 Å². The van der Waals surface area contributed by atoms with Crippen LogP contribution >= 0.6 is 0 Å². The van der Waals surface area contributed by atoms with Crippen LogP contribution in [0.15, 0.2) is 42.5 Å². The van der Waals surface area contributed by atoms with Gasteiger partial charge in [-0.05, 0) is 35.2 Å². The third-order valence-electron chi connectivity index (χ3n) is 4.15. The lowest BCUT2D eigenvalue weighted by Crippen LogP contribution is -2.04. The number of alkyl halides is 3. The average molecular weight is 331 g/mol. The zero-order chi connectivity index (χ0) is 17.5. The van der Waals surface area contributed by atoms with Crippen LogP contribution < -0.4 is 0 Å². The number of carbonyl (C=O) groups excluding carboxylic acids is 1. The van der Waals surface area contributed by atoms with E-state index in [-0.39, 0.29) is 10.9 Å². The number of H-pyrrole nitrogens is 1. The van der Waals surface area contributed by atoms with Gasteiger partial charge in [0.05, 0.1) is 11.3 Å². The van der Waals surface area contributed by atoms with Crippen molar-refractivity contribution in [3.05, 3.63) is 59.2 Å². The Morgan fingerprint density at radius 1 is 1.04 bits per heavy atom.